The number of quaternary nitrogens is 1. The van der Waals surface area contributed by atoms with Crippen molar-refractivity contribution in [2.24, 2.45) is 0 Å². The fourth-order valence-electron chi connectivity index (χ4n) is 1.82. The Morgan fingerprint density at radius 3 is 2.67 bits per heavy atom. The monoisotopic (exact) mass is 312 g/mol. The first kappa shape index (κ1) is 9.54. The topological polar surface area (TPSA) is 45.2 Å². The molecule has 2 aromatic rings. The molecule has 0 aliphatic rings. The Bertz CT molecular complexity index is 723. The number of halogens is 1. The lowest BCUT2D eigenvalue weighted by atomic mass is 10.1. The first-order chi connectivity index (χ1) is 12.5. The van der Waals surface area contributed by atoms with Crippen LogP contribution in [0.15, 0.2) is 48.7 Å². The van der Waals surface area contributed by atoms with Gasteiger partial charge in [-0.15, -0.1) is 0 Å². The minimum atomic E-state index is -3.25. The predicted molar refractivity (Wildman–Crippen MR) is 83.8 cm³/mol. The van der Waals surface area contributed by atoms with E-state index in [1.165, 1.54) is 0 Å². The summed E-state index contributed by atoms with van der Waals surface area (Å²) in [4.78, 5) is 4.23. The van der Waals surface area contributed by atoms with E-state index in [4.69, 9.17) is 24.6 Å². The van der Waals surface area contributed by atoms with E-state index in [0.29, 0.717) is 16.3 Å². The molecule has 0 aliphatic heterocycles. The van der Waals surface area contributed by atoms with Gasteiger partial charge in [-0.2, -0.15) is 0 Å². The minimum absolute atomic E-state index is 0.385. The molecule has 0 saturated carbocycles. The molecule has 0 N–H and O–H groups in total. The molecule has 1 atom stereocenters. The Morgan fingerprint density at radius 1 is 1.29 bits per heavy atom. The summed E-state index contributed by atoms with van der Waals surface area (Å²) in [5.74, 6) is 0. The molecular weight excluding hydrogens is 288 g/mol. The fraction of sp³-hybridized carbons (Fsp3) is 0.312. The summed E-state index contributed by atoms with van der Waals surface area (Å²) in [5, 5.41) is 13.1. The lowest BCUT2D eigenvalue weighted by molar-refractivity contribution is -0.840. The van der Waals surface area contributed by atoms with Crippen LogP contribution in [-0.2, 0) is 4.74 Å². The number of nitrogens with zero attached hydrogens (tertiary/aromatic N) is 2. The third kappa shape index (κ3) is 5.10. The molecule has 0 radical (unpaired) electrons. The van der Waals surface area contributed by atoms with Crippen molar-refractivity contribution in [2.75, 3.05) is 27.1 Å². The fourth-order valence-corrected chi connectivity index (χ4v) is 1.95. The van der Waals surface area contributed by atoms with E-state index in [9.17, 15) is 5.21 Å². The zero-order valence-electron chi connectivity index (χ0n) is 17.2. The molecule has 1 heterocycles. The van der Waals surface area contributed by atoms with Crippen LogP contribution in [0, 0.1) is 5.21 Å². The van der Waals surface area contributed by atoms with Crippen molar-refractivity contribution in [1.82, 2.24) is 4.98 Å². The largest absolute Gasteiger partial charge is 0.633 e. The van der Waals surface area contributed by atoms with Crippen LogP contribution in [0.2, 0.25) is 5.02 Å². The van der Waals surface area contributed by atoms with Crippen LogP contribution < -0.4 is 0 Å². The van der Waals surface area contributed by atoms with Crippen LogP contribution in [-0.4, -0.2) is 36.7 Å². The second-order valence-corrected chi connectivity index (χ2v) is 4.96. The smallest absolute Gasteiger partial charge is 0.125 e. The van der Waals surface area contributed by atoms with Gasteiger partial charge in [0, 0.05) is 11.2 Å². The third-order valence-electron chi connectivity index (χ3n) is 2.82. The van der Waals surface area contributed by atoms with Crippen molar-refractivity contribution in [1.29, 1.82) is 0 Å². The average molecular weight is 313 g/mol. The quantitative estimate of drug-likeness (QED) is 0.606. The predicted octanol–water partition coefficient (Wildman–Crippen LogP) is 3.42. The molecule has 0 amide bonds. The SMILES string of the molecule is [2H]C([2H])([2H])[N+]([O-])(CCOC(c1ccc(Cl)cc1)c1ccccn1)C([2H])([2H])[2H]. The second kappa shape index (κ2) is 7.00. The zero-order valence-corrected chi connectivity index (χ0v) is 12.0. The van der Waals surface area contributed by atoms with E-state index in [2.05, 4.69) is 4.98 Å². The summed E-state index contributed by atoms with van der Waals surface area (Å²) in [6.07, 6.45) is 0.866. The van der Waals surface area contributed by atoms with Crippen LogP contribution in [0.25, 0.3) is 0 Å². The molecule has 1 aromatic heterocycles. The van der Waals surface area contributed by atoms with Gasteiger partial charge in [-0.1, -0.05) is 29.8 Å². The lowest BCUT2D eigenvalue weighted by Crippen LogP contribution is -2.36. The molecule has 5 heteroatoms. The molecule has 0 bridgehead atoms. The molecule has 4 nitrogen and oxygen atoms in total. The van der Waals surface area contributed by atoms with Gasteiger partial charge in [0.15, 0.2) is 0 Å². The van der Waals surface area contributed by atoms with E-state index < -0.39 is 31.2 Å². The molecular formula is C16H19ClN2O2. The Balaban J connectivity index is 2.23. The first-order valence-corrected chi connectivity index (χ1v) is 6.71. The molecule has 21 heavy (non-hydrogen) atoms. The zero-order chi connectivity index (χ0) is 20.3. The van der Waals surface area contributed by atoms with Crippen LogP contribution >= 0.6 is 11.6 Å². The summed E-state index contributed by atoms with van der Waals surface area (Å²) in [5.41, 5.74) is 1.22. The van der Waals surface area contributed by atoms with E-state index in [-0.39, 0.29) is 6.61 Å². The van der Waals surface area contributed by atoms with Gasteiger partial charge in [-0.25, -0.2) is 0 Å². The summed E-state index contributed by atoms with van der Waals surface area (Å²) in [7, 11) is 0. The number of likely N-dealkylation sites (N-methyl/N-ethyl adjacent to an activating group) is 1. The molecule has 0 aliphatic carbocycles. The molecule has 2 rings (SSSR count). The minimum Gasteiger partial charge on any atom is -0.633 e. The third-order valence-corrected chi connectivity index (χ3v) is 3.07. The van der Waals surface area contributed by atoms with Gasteiger partial charge in [-0.05, 0) is 29.8 Å². The van der Waals surface area contributed by atoms with E-state index >= 15 is 0 Å². The number of rotatable bonds is 6. The molecule has 0 saturated heterocycles. The Kier molecular flexibility index (Phi) is 3.18. The molecule has 1 aromatic carbocycles. The van der Waals surface area contributed by atoms with Crippen molar-refractivity contribution in [3.05, 3.63) is 70.1 Å². The normalized spacial score (nSPS) is 18.6. The van der Waals surface area contributed by atoms with Crippen molar-refractivity contribution < 1.29 is 17.6 Å². The van der Waals surface area contributed by atoms with Gasteiger partial charge < -0.3 is 14.6 Å². The highest BCUT2D eigenvalue weighted by molar-refractivity contribution is 6.30. The summed E-state index contributed by atoms with van der Waals surface area (Å²) in [6.45, 7) is -7.65. The highest BCUT2D eigenvalue weighted by Gasteiger charge is 2.17. The number of ether oxygens (including phenoxy) is 1. The van der Waals surface area contributed by atoms with E-state index in [1.54, 1.807) is 48.7 Å². The van der Waals surface area contributed by atoms with Gasteiger partial charge in [-0.3, -0.25) is 4.98 Å². The van der Waals surface area contributed by atoms with E-state index in [0.717, 1.165) is 0 Å². The van der Waals surface area contributed by atoms with Crippen LogP contribution in [0.1, 0.15) is 25.6 Å². The molecule has 0 fully saturated rings. The maximum Gasteiger partial charge on any atom is 0.125 e. The summed E-state index contributed by atoms with van der Waals surface area (Å²) in [6, 6.07) is 12.0. The number of hydrogen-bond donors (Lipinski definition) is 0. The van der Waals surface area contributed by atoms with Crippen LogP contribution in [0.4, 0.5) is 0 Å². The maximum absolute atomic E-state index is 12.5. The van der Waals surface area contributed by atoms with Crippen molar-refractivity contribution in [3.8, 4) is 0 Å². The number of aromatic nitrogens is 1. The second-order valence-electron chi connectivity index (χ2n) is 4.52. The van der Waals surface area contributed by atoms with Gasteiger partial charge in [0.2, 0.25) is 0 Å². The highest BCUT2D eigenvalue weighted by Crippen LogP contribution is 2.25. The van der Waals surface area contributed by atoms with Crippen molar-refractivity contribution in [3.63, 3.8) is 0 Å². The number of pyridine rings is 1. The lowest BCUT2D eigenvalue weighted by Gasteiger charge is -2.34. The number of hydroxylamine groups is 3. The Morgan fingerprint density at radius 2 is 2.05 bits per heavy atom. The van der Waals surface area contributed by atoms with Gasteiger partial charge in [0.05, 0.1) is 34.5 Å². The van der Waals surface area contributed by atoms with E-state index in [1.807, 2.05) is 0 Å². The van der Waals surface area contributed by atoms with Crippen LogP contribution in [0.5, 0.6) is 0 Å². The molecule has 1 unspecified atom stereocenters. The average Bonchev–Trinajstić information content (AvgIpc) is 2.58. The van der Waals surface area contributed by atoms with Crippen LogP contribution in [0.3, 0.4) is 0 Å². The number of hydrogen-bond acceptors (Lipinski definition) is 3. The standard InChI is InChI=1S/C16H19ClN2O2/c1-19(2,20)11-12-21-16(15-5-3-4-10-18-15)13-6-8-14(17)9-7-13/h3-10,16H,11-12H2,1-2H3/i1D3,2D3. The first-order valence-electron chi connectivity index (χ1n) is 9.33. The van der Waals surface area contributed by atoms with Crippen molar-refractivity contribution in [2.45, 2.75) is 6.10 Å². The maximum atomic E-state index is 12.5. The summed E-state index contributed by atoms with van der Waals surface area (Å²) >= 11 is 5.90. The van der Waals surface area contributed by atoms with Gasteiger partial charge in [0.1, 0.15) is 12.6 Å². The molecule has 0 spiro atoms. The summed E-state index contributed by atoms with van der Waals surface area (Å²) < 4.78 is 47.4. The van der Waals surface area contributed by atoms with Crippen molar-refractivity contribution >= 4 is 11.6 Å². The Labute approximate surface area is 138 Å². The highest BCUT2D eigenvalue weighted by atomic mass is 35.5. The van der Waals surface area contributed by atoms with Gasteiger partial charge in [0.25, 0.3) is 0 Å². The van der Waals surface area contributed by atoms with Gasteiger partial charge >= 0.3 is 0 Å². The molecule has 112 valence electrons. The Hall–Kier alpha value is -1.46. The number of benzene rings is 1.